The second-order valence-corrected chi connectivity index (χ2v) is 15.1. The molecular weight excluding hydrogens is 443 g/mol. The molecule has 0 nitrogen and oxygen atoms in total. The molecule has 0 aromatic rings. The average molecular weight is 496 g/mol. The van der Waals surface area contributed by atoms with E-state index in [0.717, 1.165) is 25.7 Å². The van der Waals surface area contributed by atoms with Crippen LogP contribution in [0.1, 0.15) is 109 Å². The van der Waals surface area contributed by atoms with Gasteiger partial charge in [0.25, 0.3) is 0 Å². The molecule has 0 spiro atoms. The lowest BCUT2D eigenvalue weighted by molar-refractivity contribution is 0.464. The monoisotopic (exact) mass is 495 g/mol. The van der Waals surface area contributed by atoms with Crippen LogP contribution in [0.4, 0.5) is 0 Å². The summed E-state index contributed by atoms with van der Waals surface area (Å²) >= 11 is 0. The molecule has 4 aliphatic carbocycles. The van der Waals surface area contributed by atoms with E-state index >= 15 is 0 Å². The normalized spacial score (nSPS) is 38.2. The van der Waals surface area contributed by atoms with Gasteiger partial charge in [-0.1, -0.05) is 122 Å². The first-order valence-electron chi connectivity index (χ1n) is 14.6. The molecule has 200 valence electrons. The molecular formula is C36H52B-. The molecule has 0 heterocycles. The van der Waals surface area contributed by atoms with Crippen LogP contribution < -0.4 is 0 Å². The topological polar surface area (TPSA) is 0 Å². The molecule has 4 aliphatic rings. The van der Waals surface area contributed by atoms with Gasteiger partial charge in [-0.3, -0.25) is 0 Å². The van der Waals surface area contributed by atoms with E-state index in [2.05, 4.69) is 132 Å². The molecule has 0 aromatic carbocycles. The van der Waals surface area contributed by atoms with Crippen molar-refractivity contribution >= 4 is 6.15 Å². The van der Waals surface area contributed by atoms with Gasteiger partial charge in [0, 0.05) is 6.15 Å². The zero-order valence-corrected chi connectivity index (χ0v) is 26.0. The minimum atomic E-state index is -1.17. The van der Waals surface area contributed by atoms with Gasteiger partial charge in [-0.2, -0.15) is 0 Å². The van der Waals surface area contributed by atoms with Gasteiger partial charge < -0.3 is 0 Å². The third kappa shape index (κ3) is 4.29. The standard InChI is InChI=1S/C36H52B/c1-25-13-26(2)18-33(9,17-25)37(34(10)19-27(3)14-28(4)20-34,35(11)21-29(5)15-30(6)22-35)36(12)23-31(7)16-32(8)24-36/h13-17,19,21,23H,18,20,22,24H2,1-12H3/q-1. The molecule has 0 fully saturated rings. The van der Waals surface area contributed by atoms with Crippen LogP contribution in [0.5, 0.6) is 0 Å². The van der Waals surface area contributed by atoms with Gasteiger partial charge in [0.05, 0.1) is 0 Å². The molecule has 0 aliphatic heterocycles. The smallest absolute Gasteiger partial charge is 0.0414 e. The van der Waals surface area contributed by atoms with Crippen molar-refractivity contribution < 1.29 is 0 Å². The summed E-state index contributed by atoms with van der Waals surface area (Å²) in [5.41, 5.74) is 11.9. The van der Waals surface area contributed by atoms with E-state index in [-0.39, 0.29) is 21.3 Å². The summed E-state index contributed by atoms with van der Waals surface area (Å²) in [6.07, 6.45) is 23.9. The first-order chi connectivity index (χ1) is 17.0. The van der Waals surface area contributed by atoms with Crippen LogP contribution in [-0.2, 0) is 0 Å². The van der Waals surface area contributed by atoms with Crippen molar-refractivity contribution in [3.8, 4) is 0 Å². The molecule has 0 amide bonds. The first kappa shape index (κ1) is 28.0. The van der Waals surface area contributed by atoms with E-state index in [1.165, 1.54) is 44.6 Å². The summed E-state index contributed by atoms with van der Waals surface area (Å²) in [4.78, 5) is 0. The maximum absolute atomic E-state index is 2.71. The number of hydrogen-bond acceptors (Lipinski definition) is 0. The van der Waals surface area contributed by atoms with Gasteiger partial charge in [0.1, 0.15) is 0 Å². The minimum absolute atomic E-state index is 0.0262. The van der Waals surface area contributed by atoms with Crippen molar-refractivity contribution in [1.82, 2.24) is 0 Å². The van der Waals surface area contributed by atoms with E-state index in [1.807, 2.05) is 0 Å². The SMILES string of the molecule is CC1=CC(C)([B-](C2(C)C=C(C)C=C(C)C2)(C2(C)C=C(C)C=C(C)C2)C2(C)C=C(C)C=C(C)C2)CC(C)=C1. The molecule has 1 heteroatoms. The summed E-state index contributed by atoms with van der Waals surface area (Å²) in [7, 11) is 0. The molecule has 0 N–H and O–H groups in total. The van der Waals surface area contributed by atoms with E-state index < -0.39 is 6.15 Å². The Morgan fingerprint density at radius 2 is 0.595 bits per heavy atom. The Hall–Kier alpha value is -2.02. The lowest BCUT2D eigenvalue weighted by Gasteiger charge is -2.79. The summed E-state index contributed by atoms with van der Waals surface area (Å²) < 4.78 is 0. The van der Waals surface area contributed by atoms with Gasteiger partial charge in [0.2, 0.25) is 0 Å². The zero-order chi connectivity index (χ0) is 27.6. The predicted octanol–water partition coefficient (Wildman–Crippen LogP) is 11.7. The molecule has 37 heavy (non-hydrogen) atoms. The molecule has 0 saturated heterocycles. The molecule has 0 radical (unpaired) electrons. The van der Waals surface area contributed by atoms with E-state index in [9.17, 15) is 0 Å². The van der Waals surface area contributed by atoms with Crippen molar-refractivity contribution in [1.29, 1.82) is 0 Å². The quantitative estimate of drug-likeness (QED) is 0.340. The highest BCUT2D eigenvalue weighted by atomic mass is 14.5. The van der Waals surface area contributed by atoms with Crippen LogP contribution in [0.3, 0.4) is 0 Å². The van der Waals surface area contributed by atoms with E-state index in [0.29, 0.717) is 0 Å². The highest BCUT2D eigenvalue weighted by Gasteiger charge is 2.66. The zero-order valence-electron chi connectivity index (χ0n) is 26.0. The molecule has 0 aromatic heterocycles. The summed E-state index contributed by atoms with van der Waals surface area (Å²) in [5.74, 6) is 0. The van der Waals surface area contributed by atoms with Crippen molar-refractivity contribution in [3.63, 3.8) is 0 Å². The molecule has 4 atom stereocenters. The number of rotatable bonds is 4. The van der Waals surface area contributed by atoms with Crippen molar-refractivity contribution in [2.75, 3.05) is 0 Å². The maximum Gasteiger partial charge on any atom is 0.0414 e. The van der Waals surface area contributed by atoms with Crippen LogP contribution in [0.2, 0.25) is 21.3 Å². The van der Waals surface area contributed by atoms with Crippen LogP contribution >= 0.6 is 0 Å². The van der Waals surface area contributed by atoms with Crippen LogP contribution in [0.25, 0.3) is 0 Å². The first-order valence-corrected chi connectivity index (χ1v) is 14.6. The maximum atomic E-state index is 2.71. The summed E-state index contributed by atoms with van der Waals surface area (Å²) in [6.45, 7) is 29.4. The Kier molecular flexibility index (Phi) is 6.84. The van der Waals surface area contributed by atoms with Gasteiger partial charge in [0.15, 0.2) is 0 Å². The van der Waals surface area contributed by atoms with E-state index in [4.69, 9.17) is 0 Å². The summed E-state index contributed by atoms with van der Waals surface area (Å²) in [6, 6.07) is 0. The summed E-state index contributed by atoms with van der Waals surface area (Å²) in [5, 5.41) is 0.105. The predicted molar refractivity (Wildman–Crippen MR) is 168 cm³/mol. The van der Waals surface area contributed by atoms with Crippen molar-refractivity contribution in [3.05, 3.63) is 93.2 Å². The fraction of sp³-hybridized carbons (Fsp3) is 0.556. The molecule has 0 bridgehead atoms. The Bertz CT molecular complexity index is 1060. The molecule has 4 unspecified atom stereocenters. The second-order valence-electron chi connectivity index (χ2n) is 15.1. The van der Waals surface area contributed by atoms with Crippen molar-refractivity contribution in [2.24, 2.45) is 0 Å². The minimum Gasteiger partial charge on any atom is -0.133 e. The second kappa shape index (κ2) is 9.03. The van der Waals surface area contributed by atoms with Gasteiger partial charge >= 0.3 is 0 Å². The van der Waals surface area contributed by atoms with Crippen LogP contribution in [0.15, 0.2) is 93.2 Å². The average Bonchev–Trinajstić information content (AvgIpc) is 2.62. The highest BCUT2D eigenvalue weighted by molar-refractivity contribution is 6.92. The lowest BCUT2D eigenvalue weighted by atomic mass is 8.89. The van der Waals surface area contributed by atoms with Gasteiger partial charge in [-0.05, 0) is 55.4 Å². The van der Waals surface area contributed by atoms with Gasteiger partial charge in [-0.15, -0.1) is 45.6 Å². The third-order valence-electron chi connectivity index (χ3n) is 10.7. The fourth-order valence-corrected chi connectivity index (χ4v) is 12.2. The Morgan fingerprint density at radius 3 is 0.757 bits per heavy atom. The van der Waals surface area contributed by atoms with Crippen LogP contribution in [-0.4, -0.2) is 6.15 Å². The molecule has 0 saturated carbocycles. The molecule has 4 rings (SSSR count). The van der Waals surface area contributed by atoms with Crippen molar-refractivity contribution in [2.45, 2.75) is 130 Å². The number of allylic oxidation sites excluding steroid dienone is 16. The third-order valence-corrected chi connectivity index (χ3v) is 10.7. The van der Waals surface area contributed by atoms with Gasteiger partial charge in [-0.25, -0.2) is 0 Å². The largest absolute Gasteiger partial charge is 0.133 e. The number of hydrogen-bond donors (Lipinski definition) is 0. The van der Waals surface area contributed by atoms with E-state index in [1.54, 1.807) is 0 Å². The Balaban J connectivity index is 2.23. The van der Waals surface area contributed by atoms with Crippen LogP contribution in [0, 0.1) is 0 Å². The highest BCUT2D eigenvalue weighted by Crippen LogP contribution is 2.80. The Morgan fingerprint density at radius 1 is 0.405 bits per heavy atom. The lowest BCUT2D eigenvalue weighted by Crippen LogP contribution is -2.68. The fourth-order valence-electron chi connectivity index (χ4n) is 12.2. The Labute approximate surface area is 229 Å².